The minimum atomic E-state index is 0.200. The normalized spacial score (nSPS) is 45.4. The van der Waals surface area contributed by atoms with Crippen LogP contribution in [-0.2, 0) is 4.79 Å². The number of hydrogen-bond acceptors (Lipinski definition) is 1. The van der Waals surface area contributed by atoms with Crippen molar-refractivity contribution in [3.8, 4) is 0 Å². The fraction of sp³-hybridized carbons (Fsp3) is 0.900. The summed E-state index contributed by atoms with van der Waals surface area (Å²) in [6.45, 7) is 6.61. The summed E-state index contributed by atoms with van der Waals surface area (Å²) in [5, 5.41) is 0. The fourth-order valence-electron chi connectivity index (χ4n) is 2.45. The molecule has 63 valence electrons. The van der Waals surface area contributed by atoms with Gasteiger partial charge in [-0.15, -0.1) is 0 Å². The Balaban J connectivity index is 2.58. The maximum atomic E-state index is 10.6. The molecule has 0 N–H and O–H groups in total. The Bertz CT molecular complexity index is 130. The van der Waals surface area contributed by atoms with Crippen LogP contribution in [0.5, 0.6) is 0 Å². The molecule has 1 aliphatic rings. The van der Waals surface area contributed by atoms with Gasteiger partial charge in [0, 0.05) is 5.92 Å². The molecule has 1 radical (unpaired) electrons. The first-order valence-electron chi connectivity index (χ1n) is 4.52. The highest BCUT2D eigenvalue weighted by atomic mass is 16.1. The molecule has 0 bridgehead atoms. The zero-order valence-electron chi connectivity index (χ0n) is 7.63. The van der Waals surface area contributed by atoms with E-state index in [4.69, 9.17) is 0 Å². The van der Waals surface area contributed by atoms with Gasteiger partial charge in [0.25, 0.3) is 0 Å². The van der Waals surface area contributed by atoms with E-state index in [1.807, 2.05) is 0 Å². The van der Waals surface area contributed by atoms with Crippen LogP contribution in [0, 0.1) is 23.7 Å². The second-order valence-electron chi connectivity index (χ2n) is 4.17. The van der Waals surface area contributed by atoms with Crippen molar-refractivity contribution in [2.45, 2.75) is 33.6 Å². The number of hydrogen-bond donors (Lipinski definition) is 0. The maximum Gasteiger partial charge on any atom is 0.202 e. The second-order valence-corrected chi connectivity index (χ2v) is 4.17. The van der Waals surface area contributed by atoms with Crippen LogP contribution in [0.3, 0.4) is 0 Å². The smallest absolute Gasteiger partial charge is 0.202 e. The van der Waals surface area contributed by atoms with E-state index in [0.717, 1.165) is 5.92 Å². The predicted octanol–water partition coefficient (Wildman–Crippen LogP) is 2.41. The van der Waals surface area contributed by atoms with E-state index in [-0.39, 0.29) is 5.92 Å². The van der Waals surface area contributed by atoms with Gasteiger partial charge in [-0.05, 0) is 30.6 Å². The average Bonchev–Trinajstić information content (AvgIpc) is 1.85. The van der Waals surface area contributed by atoms with Crippen molar-refractivity contribution in [1.82, 2.24) is 0 Å². The third-order valence-corrected chi connectivity index (χ3v) is 2.91. The number of rotatable bonds is 1. The van der Waals surface area contributed by atoms with E-state index in [0.29, 0.717) is 11.8 Å². The van der Waals surface area contributed by atoms with Crippen LogP contribution in [0.2, 0.25) is 0 Å². The van der Waals surface area contributed by atoms with Gasteiger partial charge in [0.05, 0.1) is 0 Å². The summed E-state index contributed by atoms with van der Waals surface area (Å²) >= 11 is 0. The van der Waals surface area contributed by atoms with Crippen LogP contribution in [-0.4, -0.2) is 6.29 Å². The van der Waals surface area contributed by atoms with Gasteiger partial charge in [-0.3, -0.25) is 4.79 Å². The van der Waals surface area contributed by atoms with E-state index >= 15 is 0 Å². The third kappa shape index (κ3) is 1.82. The van der Waals surface area contributed by atoms with Crippen molar-refractivity contribution in [2.75, 3.05) is 0 Å². The molecule has 0 saturated heterocycles. The molecule has 0 spiro atoms. The van der Waals surface area contributed by atoms with E-state index < -0.39 is 0 Å². The lowest BCUT2D eigenvalue weighted by atomic mass is 9.70. The van der Waals surface area contributed by atoms with Gasteiger partial charge in [-0.25, -0.2) is 0 Å². The molecule has 1 rings (SSSR count). The monoisotopic (exact) mass is 153 g/mol. The molecular formula is C10H17O. The molecule has 1 saturated carbocycles. The molecule has 0 aromatic carbocycles. The first kappa shape index (κ1) is 8.76. The Kier molecular flexibility index (Phi) is 2.69. The van der Waals surface area contributed by atoms with Crippen LogP contribution in [0.4, 0.5) is 0 Å². The minimum Gasteiger partial charge on any atom is -0.291 e. The van der Waals surface area contributed by atoms with E-state index in [2.05, 4.69) is 27.1 Å². The molecule has 0 aromatic heterocycles. The first-order chi connectivity index (χ1) is 5.15. The van der Waals surface area contributed by atoms with Crippen LogP contribution >= 0.6 is 0 Å². The largest absolute Gasteiger partial charge is 0.291 e. The molecule has 1 fully saturated rings. The summed E-state index contributed by atoms with van der Waals surface area (Å²) < 4.78 is 0. The standard InChI is InChI=1S/C10H17O/c1-7-4-8(2)10(6-11)9(3)5-7/h7-10H,4-5H2,1-3H3. The van der Waals surface area contributed by atoms with Gasteiger partial charge in [0.15, 0.2) is 0 Å². The van der Waals surface area contributed by atoms with E-state index in [1.165, 1.54) is 12.8 Å². The molecule has 0 aromatic rings. The summed E-state index contributed by atoms with van der Waals surface area (Å²) in [6, 6.07) is 0. The quantitative estimate of drug-likeness (QED) is 0.565. The molecule has 0 heterocycles. The first-order valence-corrected chi connectivity index (χ1v) is 4.52. The van der Waals surface area contributed by atoms with Gasteiger partial charge >= 0.3 is 0 Å². The lowest BCUT2D eigenvalue weighted by molar-refractivity contribution is 0.182. The molecule has 1 aliphatic carbocycles. The van der Waals surface area contributed by atoms with Gasteiger partial charge < -0.3 is 0 Å². The Labute approximate surface area is 69.2 Å². The molecule has 0 amide bonds. The number of carbonyl (C=O) groups excluding carboxylic acids is 1. The summed E-state index contributed by atoms with van der Waals surface area (Å²) in [5.41, 5.74) is 0. The summed E-state index contributed by atoms with van der Waals surface area (Å²) in [4.78, 5) is 10.6. The van der Waals surface area contributed by atoms with Gasteiger partial charge in [0.2, 0.25) is 6.29 Å². The van der Waals surface area contributed by atoms with Crippen molar-refractivity contribution < 1.29 is 4.79 Å². The summed E-state index contributed by atoms with van der Waals surface area (Å²) in [6.07, 6.45) is 4.57. The average molecular weight is 153 g/mol. The van der Waals surface area contributed by atoms with Crippen LogP contribution < -0.4 is 0 Å². The second kappa shape index (κ2) is 3.38. The van der Waals surface area contributed by atoms with Crippen LogP contribution in [0.1, 0.15) is 33.6 Å². The Hall–Kier alpha value is -0.330. The Morgan fingerprint density at radius 1 is 1.09 bits per heavy atom. The SMILES string of the molecule is CC1CC(C)C([C]=O)C(C)C1. The van der Waals surface area contributed by atoms with Gasteiger partial charge in [0.1, 0.15) is 0 Å². The molecule has 2 atom stereocenters. The lowest BCUT2D eigenvalue weighted by Gasteiger charge is -2.33. The predicted molar refractivity (Wildman–Crippen MR) is 45.9 cm³/mol. The van der Waals surface area contributed by atoms with Crippen molar-refractivity contribution in [1.29, 1.82) is 0 Å². The van der Waals surface area contributed by atoms with E-state index in [1.54, 1.807) is 0 Å². The zero-order valence-corrected chi connectivity index (χ0v) is 7.63. The van der Waals surface area contributed by atoms with Crippen LogP contribution in [0.15, 0.2) is 0 Å². The minimum absolute atomic E-state index is 0.200. The third-order valence-electron chi connectivity index (χ3n) is 2.91. The molecule has 2 unspecified atom stereocenters. The van der Waals surface area contributed by atoms with Crippen molar-refractivity contribution in [3.05, 3.63) is 0 Å². The Morgan fingerprint density at radius 3 is 1.91 bits per heavy atom. The zero-order chi connectivity index (χ0) is 8.43. The molecule has 1 nitrogen and oxygen atoms in total. The summed E-state index contributed by atoms with van der Waals surface area (Å²) in [7, 11) is 0. The van der Waals surface area contributed by atoms with E-state index in [9.17, 15) is 4.79 Å². The molecular weight excluding hydrogens is 136 g/mol. The maximum absolute atomic E-state index is 10.6. The topological polar surface area (TPSA) is 17.1 Å². The summed E-state index contributed by atoms with van der Waals surface area (Å²) in [5.74, 6) is 2.09. The van der Waals surface area contributed by atoms with Gasteiger partial charge in [-0.2, -0.15) is 0 Å². The highest BCUT2D eigenvalue weighted by molar-refractivity contribution is 5.55. The highest BCUT2D eigenvalue weighted by Gasteiger charge is 2.31. The molecule has 0 aliphatic heterocycles. The van der Waals surface area contributed by atoms with Crippen molar-refractivity contribution in [2.24, 2.45) is 23.7 Å². The fourth-order valence-corrected chi connectivity index (χ4v) is 2.45. The molecule has 1 heteroatoms. The van der Waals surface area contributed by atoms with Gasteiger partial charge in [-0.1, -0.05) is 20.8 Å². The molecule has 11 heavy (non-hydrogen) atoms. The highest BCUT2D eigenvalue weighted by Crippen LogP contribution is 2.36. The van der Waals surface area contributed by atoms with Crippen LogP contribution in [0.25, 0.3) is 0 Å². The lowest BCUT2D eigenvalue weighted by Crippen LogP contribution is -2.29. The van der Waals surface area contributed by atoms with Crippen molar-refractivity contribution in [3.63, 3.8) is 0 Å². The Morgan fingerprint density at radius 2 is 1.55 bits per heavy atom. The van der Waals surface area contributed by atoms with Crippen molar-refractivity contribution >= 4 is 6.29 Å².